The van der Waals surface area contributed by atoms with Gasteiger partial charge in [-0.3, -0.25) is 4.79 Å². The minimum atomic E-state index is -0.390. The molecule has 9 heteroatoms. The number of aryl methyl sites for hydroxylation is 3. The molecule has 0 aliphatic rings. The third kappa shape index (κ3) is 4.46. The Morgan fingerprint density at radius 1 is 1.14 bits per heavy atom. The second-order valence-electron chi connectivity index (χ2n) is 6.39. The highest BCUT2D eigenvalue weighted by Crippen LogP contribution is 2.36. The fourth-order valence-electron chi connectivity index (χ4n) is 3.07. The maximum absolute atomic E-state index is 12.6. The van der Waals surface area contributed by atoms with Gasteiger partial charge >= 0.3 is 5.97 Å². The van der Waals surface area contributed by atoms with Crippen LogP contribution in [-0.2, 0) is 16.0 Å². The van der Waals surface area contributed by atoms with Crippen LogP contribution in [-0.4, -0.2) is 34.2 Å². The Bertz CT molecular complexity index is 1070. The van der Waals surface area contributed by atoms with E-state index in [4.69, 9.17) is 4.74 Å². The van der Waals surface area contributed by atoms with E-state index in [1.165, 1.54) is 34.3 Å². The number of thioether (sulfide) groups is 1. The van der Waals surface area contributed by atoms with Crippen LogP contribution < -0.4 is 5.32 Å². The summed E-state index contributed by atoms with van der Waals surface area (Å²) in [6.45, 7) is 10.1. The number of carbonyl (C=O) groups excluding carboxylic acids is 2. The molecule has 0 bridgehead atoms. The molecule has 6 nitrogen and oxygen atoms in total. The molecule has 1 N–H and O–H groups in total. The number of hydrogen-bond acceptors (Lipinski definition) is 8. The third-order valence-electron chi connectivity index (χ3n) is 4.57. The number of anilines is 1. The average Bonchev–Trinajstić information content (AvgIpc) is 3.16. The van der Waals surface area contributed by atoms with Gasteiger partial charge in [-0.25, -0.2) is 14.8 Å². The van der Waals surface area contributed by atoms with Gasteiger partial charge in [0.25, 0.3) is 0 Å². The minimum Gasteiger partial charge on any atom is -0.462 e. The van der Waals surface area contributed by atoms with Crippen molar-refractivity contribution in [2.75, 3.05) is 17.7 Å². The van der Waals surface area contributed by atoms with Crippen molar-refractivity contribution in [1.82, 2.24) is 9.97 Å². The van der Waals surface area contributed by atoms with Crippen LogP contribution in [0.5, 0.6) is 0 Å². The van der Waals surface area contributed by atoms with E-state index < -0.39 is 5.97 Å². The van der Waals surface area contributed by atoms with Crippen molar-refractivity contribution in [3.8, 4) is 0 Å². The highest BCUT2D eigenvalue weighted by Gasteiger charge is 2.23. The second-order valence-corrected chi connectivity index (χ2v) is 9.79. The van der Waals surface area contributed by atoms with Crippen molar-refractivity contribution in [1.29, 1.82) is 0 Å². The Labute approximate surface area is 182 Å². The van der Waals surface area contributed by atoms with E-state index in [-0.39, 0.29) is 11.7 Å². The van der Waals surface area contributed by atoms with Crippen LogP contribution >= 0.6 is 34.4 Å². The summed E-state index contributed by atoms with van der Waals surface area (Å²) in [4.78, 5) is 36.9. The molecule has 0 aromatic carbocycles. The quantitative estimate of drug-likeness (QED) is 0.305. The normalized spacial score (nSPS) is 11.1. The number of hydrogen-bond donors (Lipinski definition) is 1. The largest absolute Gasteiger partial charge is 0.462 e. The van der Waals surface area contributed by atoms with Crippen LogP contribution in [0.3, 0.4) is 0 Å². The molecule has 0 spiro atoms. The highest BCUT2D eigenvalue weighted by molar-refractivity contribution is 8.00. The lowest BCUT2D eigenvalue weighted by Gasteiger charge is -2.08. The molecule has 0 radical (unpaired) electrons. The van der Waals surface area contributed by atoms with Gasteiger partial charge in [0, 0.05) is 15.1 Å². The SMILES string of the molecule is CCOC(=O)c1c(NC(=O)CSc2ncnc3sc(C)c(C)c23)sc(C)c1CC. The fraction of sp³-hybridized carbons (Fsp3) is 0.400. The Morgan fingerprint density at radius 2 is 1.90 bits per heavy atom. The van der Waals surface area contributed by atoms with E-state index in [1.807, 2.05) is 20.8 Å². The van der Waals surface area contributed by atoms with Crippen molar-refractivity contribution >= 4 is 61.5 Å². The van der Waals surface area contributed by atoms with E-state index in [0.29, 0.717) is 23.6 Å². The van der Waals surface area contributed by atoms with Crippen LogP contribution in [0, 0.1) is 20.8 Å². The molecule has 1 amide bonds. The fourth-order valence-corrected chi connectivity index (χ4v) is 6.13. The van der Waals surface area contributed by atoms with Gasteiger partial charge in [0.05, 0.1) is 17.9 Å². The number of carbonyl (C=O) groups is 2. The Hall–Kier alpha value is -1.97. The van der Waals surface area contributed by atoms with Gasteiger partial charge in [0.15, 0.2) is 0 Å². The molecular weight excluding hydrogens is 426 g/mol. The molecule has 0 unspecified atom stereocenters. The molecule has 0 fully saturated rings. The summed E-state index contributed by atoms with van der Waals surface area (Å²) in [6.07, 6.45) is 2.24. The van der Waals surface area contributed by atoms with Crippen LogP contribution in [0.4, 0.5) is 5.00 Å². The number of nitrogens with zero attached hydrogens (tertiary/aromatic N) is 2. The van der Waals surface area contributed by atoms with Gasteiger partial charge in [-0.2, -0.15) is 0 Å². The number of thiophene rings is 2. The Morgan fingerprint density at radius 3 is 2.59 bits per heavy atom. The molecule has 29 heavy (non-hydrogen) atoms. The van der Waals surface area contributed by atoms with Crippen LogP contribution in [0.1, 0.15) is 45.1 Å². The van der Waals surface area contributed by atoms with Crippen molar-refractivity contribution in [2.24, 2.45) is 0 Å². The average molecular weight is 450 g/mol. The molecule has 0 aliphatic carbocycles. The van der Waals surface area contributed by atoms with Gasteiger partial charge in [-0.05, 0) is 45.2 Å². The van der Waals surface area contributed by atoms with E-state index in [9.17, 15) is 9.59 Å². The van der Waals surface area contributed by atoms with Gasteiger partial charge in [-0.15, -0.1) is 22.7 Å². The summed E-state index contributed by atoms with van der Waals surface area (Å²) in [5.74, 6) is -0.374. The maximum atomic E-state index is 12.6. The third-order valence-corrected chi connectivity index (χ3v) is 7.73. The molecule has 3 aromatic rings. The minimum absolute atomic E-state index is 0.180. The lowest BCUT2D eigenvalue weighted by Crippen LogP contribution is -2.16. The van der Waals surface area contributed by atoms with Crippen molar-refractivity contribution in [3.63, 3.8) is 0 Å². The molecule has 3 rings (SSSR count). The van der Waals surface area contributed by atoms with Crippen LogP contribution in [0.2, 0.25) is 0 Å². The molecule has 0 saturated heterocycles. The van der Waals surface area contributed by atoms with Crippen LogP contribution in [0.25, 0.3) is 10.2 Å². The van der Waals surface area contributed by atoms with Crippen molar-refractivity contribution < 1.29 is 14.3 Å². The Kier molecular flexibility index (Phi) is 6.92. The number of aromatic nitrogens is 2. The number of rotatable bonds is 7. The first-order chi connectivity index (χ1) is 13.9. The zero-order chi connectivity index (χ0) is 21.1. The lowest BCUT2D eigenvalue weighted by atomic mass is 10.1. The summed E-state index contributed by atoms with van der Waals surface area (Å²) in [5.41, 5.74) is 2.56. The predicted molar refractivity (Wildman–Crippen MR) is 121 cm³/mol. The van der Waals surface area contributed by atoms with E-state index in [1.54, 1.807) is 18.3 Å². The number of fused-ring (bicyclic) bond motifs is 1. The summed E-state index contributed by atoms with van der Waals surface area (Å²) < 4.78 is 5.19. The standard InChI is InChI=1S/C20H23N3O3S3/c1-6-13-12(5)29-19(16(13)20(25)26-7-2)23-14(24)8-27-17-15-10(3)11(4)28-18(15)22-9-21-17/h9H,6-8H2,1-5H3,(H,23,24). The smallest absolute Gasteiger partial charge is 0.341 e. The Balaban J connectivity index is 1.78. The first kappa shape index (κ1) is 21.7. The first-order valence-electron chi connectivity index (χ1n) is 9.30. The molecule has 0 atom stereocenters. The molecule has 0 saturated carbocycles. The summed E-state index contributed by atoms with van der Waals surface area (Å²) >= 11 is 4.42. The number of nitrogens with one attached hydrogen (secondary N) is 1. The van der Waals surface area contributed by atoms with Gasteiger partial charge in [0.1, 0.15) is 21.2 Å². The summed E-state index contributed by atoms with van der Waals surface area (Å²) in [5, 5.41) is 5.27. The number of ether oxygens (including phenoxy) is 1. The number of esters is 1. The van der Waals surface area contributed by atoms with Gasteiger partial charge < -0.3 is 10.1 Å². The monoisotopic (exact) mass is 449 g/mol. The molecule has 3 heterocycles. The second kappa shape index (κ2) is 9.23. The van der Waals surface area contributed by atoms with Gasteiger partial charge in [-0.1, -0.05) is 18.7 Å². The maximum Gasteiger partial charge on any atom is 0.341 e. The van der Waals surface area contributed by atoms with Gasteiger partial charge in [0.2, 0.25) is 5.91 Å². The predicted octanol–water partition coefficient (Wildman–Crippen LogP) is 5.15. The van der Waals surface area contributed by atoms with E-state index in [2.05, 4.69) is 22.2 Å². The summed E-state index contributed by atoms with van der Waals surface area (Å²) in [7, 11) is 0. The first-order valence-corrected chi connectivity index (χ1v) is 11.9. The van der Waals surface area contributed by atoms with Crippen molar-refractivity contribution in [3.05, 3.63) is 32.8 Å². The molecule has 3 aromatic heterocycles. The topological polar surface area (TPSA) is 81.2 Å². The van der Waals surface area contributed by atoms with E-state index >= 15 is 0 Å². The molecule has 154 valence electrons. The number of amides is 1. The van der Waals surface area contributed by atoms with Crippen molar-refractivity contribution in [2.45, 2.75) is 46.1 Å². The zero-order valence-electron chi connectivity index (χ0n) is 17.0. The lowest BCUT2D eigenvalue weighted by molar-refractivity contribution is -0.113. The molecular formula is C20H23N3O3S3. The van der Waals surface area contributed by atoms with E-state index in [0.717, 1.165) is 31.2 Å². The van der Waals surface area contributed by atoms with Crippen LogP contribution in [0.15, 0.2) is 11.4 Å². The summed E-state index contributed by atoms with van der Waals surface area (Å²) in [6, 6.07) is 0. The molecule has 0 aliphatic heterocycles. The zero-order valence-corrected chi connectivity index (χ0v) is 19.5. The highest BCUT2D eigenvalue weighted by atomic mass is 32.2.